The number of unbranched alkanes of at least 4 members (excludes halogenated alkanes) is 8. The van der Waals surface area contributed by atoms with Gasteiger partial charge in [-0.15, -0.1) is 0 Å². The molecule has 0 fully saturated rings. The number of hydrogen-bond acceptors (Lipinski definition) is 4. The van der Waals surface area contributed by atoms with Crippen LogP contribution in [0.3, 0.4) is 0 Å². The van der Waals surface area contributed by atoms with Gasteiger partial charge in [0, 0.05) is 12.1 Å². The van der Waals surface area contributed by atoms with Gasteiger partial charge < -0.3 is 15.7 Å². The van der Waals surface area contributed by atoms with Crippen LogP contribution in [0.2, 0.25) is 0 Å². The number of benzene rings is 2. The zero-order chi connectivity index (χ0) is 23.5. The molecule has 33 heavy (non-hydrogen) atoms. The molecule has 5 nitrogen and oxygen atoms in total. The Kier molecular flexibility index (Phi) is 9.79. The summed E-state index contributed by atoms with van der Waals surface area (Å²) in [5.41, 5.74) is 11.4. The highest BCUT2D eigenvalue weighted by Gasteiger charge is 2.33. The van der Waals surface area contributed by atoms with Crippen LogP contribution in [-0.2, 0) is 11.2 Å². The van der Waals surface area contributed by atoms with Gasteiger partial charge in [-0.3, -0.25) is 9.79 Å². The maximum Gasteiger partial charge on any atom is 0.303 e. The zero-order valence-corrected chi connectivity index (χ0v) is 20.0. The van der Waals surface area contributed by atoms with Crippen LogP contribution in [0.25, 0.3) is 0 Å². The minimum absolute atomic E-state index is 0.250. The molecule has 2 aromatic carbocycles. The van der Waals surface area contributed by atoms with Gasteiger partial charge in [-0.05, 0) is 35.6 Å². The van der Waals surface area contributed by atoms with Crippen molar-refractivity contribution in [1.29, 1.82) is 0 Å². The lowest BCUT2D eigenvalue weighted by molar-refractivity contribution is -0.137. The maximum absolute atomic E-state index is 10.2. The molecule has 2 heterocycles. The first kappa shape index (κ1) is 24.8. The van der Waals surface area contributed by atoms with E-state index >= 15 is 0 Å². The SMILES string of the molecule is CCCCCCCCCCCC(=O)O.NC1=NCC2c3ccccc3Cc3ccccc3N12. The second kappa shape index (κ2) is 13.0. The first-order chi connectivity index (χ1) is 16.1. The molecule has 0 aliphatic carbocycles. The van der Waals surface area contributed by atoms with Crippen molar-refractivity contribution in [3.05, 3.63) is 65.2 Å². The molecule has 178 valence electrons. The molecule has 0 amide bonds. The van der Waals surface area contributed by atoms with Crippen LogP contribution in [0, 0.1) is 0 Å². The second-order valence-corrected chi connectivity index (χ2v) is 9.06. The topological polar surface area (TPSA) is 78.9 Å². The summed E-state index contributed by atoms with van der Waals surface area (Å²) in [6, 6.07) is 17.3. The number of para-hydroxylation sites is 1. The van der Waals surface area contributed by atoms with E-state index in [-0.39, 0.29) is 6.04 Å². The van der Waals surface area contributed by atoms with Gasteiger partial charge in [0.2, 0.25) is 0 Å². The molecule has 0 radical (unpaired) electrons. The summed E-state index contributed by atoms with van der Waals surface area (Å²) in [6.45, 7) is 2.98. The number of rotatable bonds is 10. The lowest BCUT2D eigenvalue weighted by Crippen LogP contribution is -2.36. The van der Waals surface area contributed by atoms with E-state index in [9.17, 15) is 4.79 Å². The predicted molar refractivity (Wildman–Crippen MR) is 137 cm³/mol. The number of guanidine groups is 1. The van der Waals surface area contributed by atoms with Gasteiger partial charge in [-0.2, -0.15) is 0 Å². The van der Waals surface area contributed by atoms with E-state index in [1.54, 1.807) is 0 Å². The van der Waals surface area contributed by atoms with Crippen molar-refractivity contribution < 1.29 is 9.90 Å². The molecule has 2 aliphatic rings. The number of carboxylic acid groups (broad SMARTS) is 1. The Labute approximate surface area is 198 Å². The zero-order valence-electron chi connectivity index (χ0n) is 20.0. The molecule has 3 N–H and O–H groups in total. The first-order valence-corrected chi connectivity index (χ1v) is 12.6. The molecular weight excluding hydrogens is 410 g/mol. The Balaban J connectivity index is 0.000000197. The molecular formula is C28H39N3O2. The third-order valence-electron chi connectivity index (χ3n) is 6.53. The highest BCUT2D eigenvalue weighted by molar-refractivity contribution is 5.98. The Morgan fingerprint density at radius 1 is 0.939 bits per heavy atom. The smallest absolute Gasteiger partial charge is 0.303 e. The van der Waals surface area contributed by atoms with Crippen molar-refractivity contribution in [1.82, 2.24) is 0 Å². The van der Waals surface area contributed by atoms with Gasteiger partial charge in [0.05, 0.1) is 12.6 Å². The van der Waals surface area contributed by atoms with Crippen molar-refractivity contribution >= 4 is 17.6 Å². The van der Waals surface area contributed by atoms with Crippen molar-refractivity contribution in [2.75, 3.05) is 11.4 Å². The summed E-state index contributed by atoms with van der Waals surface area (Å²) in [5.74, 6) is -0.0258. The van der Waals surface area contributed by atoms with E-state index in [0.717, 1.165) is 25.8 Å². The quantitative estimate of drug-likeness (QED) is 0.408. The molecule has 2 aliphatic heterocycles. The summed E-state index contributed by atoms with van der Waals surface area (Å²) in [6.07, 6.45) is 12.4. The Bertz CT molecular complexity index is 925. The molecule has 2 aromatic rings. The fourth-order valence-corrected chi connectivity index (χ4v) is 4.73. The van der Waals surface area contributed by atoms with E-state index in [2.05, 4.69) is 65.3 Å². The molecule has 4 rings (SSSR count). The highest BCUT2D eigenvalue weighted by atomic mass is 16.4. The number of nitrogens with zero attached hydrogens (tertiary/aromatic N) is 2. The van der Waals surface area contributed by atoms with Crippen LogP contribution < -0.4 is 10.6 Å². The molecule has 0 saturated carbocycles. The standard InChI is InChI=1S/C16H15N3.C12H24O2/c17-16-18-10-15-13-7-3-1-5-11(13)9-12-6-2-4-8-14(12)19(15)16;1-2-3-4-5-6-7-8-9-10-11-12(13)14/h1-8,15H,9-10H2,(H2,17,18);2-11H2,1H3,(H,13,14). The number of aliphatic imine (C=N–C) groups is 1. The van der Waals surface area contributed by atoms with Crippen LogP contribution in [0.4, 0.5) is 5.69 Å². The molecule has 1 unspecified atom stereocenters. The molecule has 1 atom stereocenters. The molecule has 5 heteroatoms. The Hall–Kier alpha value is -2.82. The fraction of sp³-hybridized carbons (Fsp3) is 0.500. The number of anilines is 1. The number of nitrogens with two attached hydrogens (primary N) is 1. The van der Waals surface area contributed by atoms with Gasteiger partial charge in [-0.1, -0.05) is 101 Å². The van der Waals surface area contributed by atoms with Crippen LogP contribution in [-0.4, -0.2) is 23.6 Å². The van der Waals surface area contributed by atoms with Crippen molar-refractivity contribution in [3.63, 3.8) is 0 Å². The van der Waals surface area contributed by atoms with Crippen molar-refractivity contribution in [3.8, 4) is 0 Å². The Morgan fingerprint density at radius 2 is 1.55 bits per heavy atom. The van der Waals surface area contributed by atoms with E-state index in [4.69, 9.17) is 10.8 Å². The van der Waals surface area contributed by atoms with Gasteiger partial charge in [0.1, 0.15) is 0 Å². The largest absolute Gasteiger partial charge is 0.481 e. The minimum atomic E-state index is -0.659. The molecule has 0 aromatic heterocycles. The number of aliphatic carboxylic acids is 1. The number of fused-ring (bicyclic) bond motifs is 5. The van der Waals surface area contributed by atoms with E-state index in [0.29, 0.717) is 12.4 Å². The van der Waals surface area contributed by atoms with Gasteiger partial charge >= 0.3 is 5.97 Å². The maximum atomic E-state index is 10.2. The number of hydrogen-bond donors (Lipinski definition) is 2. The predicted octanol–water partition coefficient (Wildman–Crippen LogP) is 6.46. The van der Waals surface area contributed by atoms with E-state index in [1.165, 1.54) is 67.3 Å². The van der Waals surface area contributed by atoms with Gasteiger partial charge in [0.15, 0.2) is 5.96 Å². The van der Waals surface area contributed by atoms with Gasteiger partial charge in [-0.25, -0.2) is 0 Å². The summed E-state index contributed by atoms with van der Waals surface area (Å²) in [7, 11) is 0. The summed E-state index contributed by atoms with van der Waals surface area (Å²) in [4.78, 5) is 16.8. The highest BCUT2D eigenvalue weighted by Crippen LogP contribution is 2.39. The second-order valence-electron chi connectivity index (χ2n) is 9.06. The first-order valence-electron chi connectivity index (χ1n) is 12.6. The van der Waals surface area contributed by atoms with Gasteiger partial charge in [0.25, 0.3) is 0 Å². The van der Waals surface area contributed by atoms with Crippen LogP contribution in [0.5, 0.6) is 0 Å². The third-order valence-corrected chi connectivity index (χ3v) is 6.53. The van der Waals surface area contributed by atoms with Crippen molar-refractivity contribution in [2.24, 2.45) is 10.7 Å². The van der Waals surface area contributed by atoms with Crippen LogP contribution in [0.15, 0.2) is 53.5 Å². The van der Waals surface area contributed by atoms with E-state index < -0.39 is 5.97 Å². The number of carbonyl (C=O) groups is 1. The normalized spacial score (nSPS) is 16.0. The Morgan fingerprint density at radius 3 is 2.24 bits per heavy atom. The average molecular weight is 450 g/mol. The summed E-state index contributed by atoms with van der Waals surface area (Å²) >= 11 is 0. The van der Waals surface area contributed by atoms with Crippen LogP contribution in [0.1, 0.15) is 93.9 Å². The summed E-state index contributed by atoms with van der Waals surface area (Å²) in [5, 5.41) is 8.41. The minimum Gasteiger partial charge on any atom is -0.481 e. The fourth-order valence-electron chi connectivity index (χ4n) is 4.73. The monoisotopic (exact) mass is 449 g/mol. The number of carboxylic acids is 1. The molecule has 0 bridgehead atoms. The lowest BCUT2D eigenvalue weighted by atomic mass is 9.97. The van der Waals surface area contributed by atoms with E-state index in [1.807, 2.05) is 0 Å². The average Bonchev–Trinajstić information content (AvgIpc) is 3.13. The summed E-state index contributed by atoms with van der Waals surface area (Å²) < 4.78 is 0. The lowest BCUT2D eigenvalue weighted by Gasteiger charge is -2.26. The molecule has 0 saturated heterocycles. The third kappa shape index (κ3) is 7.08. The van der Waals surface area contributed by atoms with Crippen molar-refractivity contribution in [2.45, 2.75) is 83.6 Å². The van der Waals surface area contributed by atoms with Crippen LogP contribution >= 0.6 is 0 Å². The molecule has 0 spiro atoms.